The first-order valence-corrected chi connectivity index (χ1v) is 5.67. The van der Waals surface area contributed by atoms with Gasteiger partial charge in [-0.1, -0.05) is 0 Å². The quantitative estimate of drug-likeness (QED) is 0.613. The van der Waals surface area contributed by atoms with Gasteiger partial charge < -0.3 is 10.2 Å². The zero-order valence-corrected chi connectivity index (χ0v) is 9.61. The number of hydrogen-bond acceptors (Lipinski definition) is 4. The second-order valence-electron chi connectivity index (χ2n) is 4.28. The average Bonchev–Trinajstić information content (AvgIpc) is 2.53. The van der Waals surface area contributed by atoms with E-state index in [9.17, 15) is 9.59 Å². The lowest BCUT2D eigenvalue weighted by molar-refractivity contribution is -0.125. The van der Waals surface area contributed by atoms with Gasteiger partial charge in [0.1, 0.15) is 6.54 Å². The predicted molar refractivity (Wildman–Crippen MR) is 59.0 cm³/mol. The zero-order valence-electron chi connectivity index (χ0n) is 9.61. The fourth-order valence-corrected chi connectivity index (χ4v) is 2.07. The summed E-state index contributed by atoms with van der Waals surface area (Å²) in [5.41, 5.74) is 0. The SMILES string of the molecule is CN1CC(=O)N(CCN2CCNCC2)C1=O. The van der Waals surface area contributed by atoms with E-state index in [0.29, 0.717) is 6.54 Å². The van der Waals surface area contributed by atoms with Gasteiger partial charge in [-0.3, -0.25) is 14.6 Å². The minimum Gasteiger partial charge on any atom is -0.318 e. The summed E-state index contributed by atoms with van der Waals surface area (Å²) in [5.74, 6) is -0.0809. The molecule has 0 aromatic carbocycles. The third kappa shape index (κ3) is 2.33. The Kier molecular flexibility index (Phi) is 3.40. The Bertz CT molecular complexity index is 289. The fourth-order valence-electron chi connectivity index (χ4n) is 2.07. The first-order valence-electron chi connectivity index (χ1n) is 5.67. The van der Waals surface area contributed by atoms with Gasteiger partial charge in [-0.25, -0.2) is 4.79 Å². The molecule has 2 aliphatic heterocycles. The molecule has 2 rings (SSSR count). The van der Waals surface area contributed by atoms with Crippen LogP contribution in [0.15, 0.2) is 0 Å². The van der Waals surface area contributed by atoms with Crippen LogP contribution < -0.4 is 5.32 Å². The molecule has 16 heavy (non-hydrogen) atoms. The molecule has 0 aromatic rings. The smallest absolute Gasteiger partial charge is 0.318 e. The Morgan fingerprint density at radius 1 is 1.19 bits per heavy atom. The van der Waals surface area contributed by atoms with Crippen molar-refractivity contribution in [1.82, 2.24) is 20.0 Å². The van der Waals surface area contributed by atoms with E-state index >= 15 is 0 Å². The Balaban J connectivity index is 1.80. The highest BCUT2D eigenvalue weighted by molar-refractivity contribution is 6.01. The van der Waals surface area contributed by atoms with Crippen LogP contribution in [0.3, 0.4) is 0 Å². The van der Waals surface area contributed by atoms with Gasteiger partial charge in [0.2, 0.25) is 5.91 Å². The summed E-state index contributed by atoms with van der Waals surface area (Å²) < 4.78 is 0. The van der Waals surface area contributed by atoms with Crippen molar-refractivity contribution in [2.45, 2.75) is 0 Å². The molecule has 3 amide bonds. The maximum absolute atomic E-state index is 11.6. The molecule has 0 spiro atoms. The minimum absolute atomic E-state index is 0.0809. The second-order valence-corrected chi connectivity index (χ2v) is 4.28. The largest absolute Gasteiger partial charge is 0.327 e. The molecule has 0 atom stereocenters. The number of amides is 3. The van der Waals surface area contributed by atoms with Crippen LogP contribution in [0.4, 0.5) is 4.79 Å². The van der Waals surface area contributed by atoms with Gasteiger partial charge in [0, 0.05) is 46.3 Å². The molecular weight excluding hydrogens is 208 g/mol. The molecular formula is C10H18N4O2. The molecule has 2 fully saturated rings. The van der Waals surface area contributed by atoms with Crippen molar-refractivity contribution in [2.24, 2.45) is 0 Å². The number of rotatable bonds is 3. The number of likely N-dealkylation sites (N-methyl/N-ethyl adjacent to an activating group) is 1. The average molecular weight is 226 g/mol. The lowest BCUT2D eigenvalue weighted by atomic mass is 10.3. The maximum Gasteiger partial charge on any atom is 0.327 e. The predicted octanol–water partition coefficient (Wildman–Crippen LogP) is -1.21. The van der Waals surface area contributed by atoms with Gasteiger partial charge in [0.05, 0.1) is 0 Å². The van der Waals surface area contributed by atoms with Crippen molar-refractivity contribution in [2.75, 3.05) is 52.9 Å². The van der Waals surface area contributed by atoms with Crippen molar-refractivity contribution in [3.8, 4) is 0 Å². The highest BCUT2D eigenvalue weighted by atomic mass is 16.2. The molecule has 6 heteroatoms. The zero-order chi connectivity index (χ0) is 11.5. The Morgan fingerprint density at radius 3 is 2.44 bits per heavy atom. The first kappa shape index (κ1) is 11.3. The Morgan fingerprint density at radius 2 is 1.88 bits per heavy atom. The summed E-state index contributed by atoms with van der Waals surface area (Å²) in [7, 11) is 1.66. The van der Waals surface area contributed by atoms with Crippen molar-refractivity contribution in [3.63, 3.8) is 0 Å². The number of hydrogen-bond donors (Lipinski definition) is 1. The Hall–Kier alpha value is -1.14. The molecule has 2 aliphatic rings. The molecule has 6 nitrogen and oxygen atoms in total. The van der Waals surface area contributed by atoms with E-state index in [0.717, 1.165) is 32.7 Å². The van der Waals surface area contributed by atoms with E-state index < -0.39 is 0 Å². The number of piperazine rings is 1. The topological polar surface area (TPSA) is 55.9 Å². The molecule has 2 saturated heterocycles. The molecule has 0 unspecified atom stereocenters. The summed E-state index contributed by atoms with van der Waals surface area (Å²) in [4.78, 5) is 28.2. The van der Waals surface area contributed by atoms with Gasteiger partial charge in [-0.2, -0.15) is 0 Å². The van der Waals surface area contributed by atoms with Crippen LogP contribution >= 0.6 is 0 Å². The Labute approximate surface area is 95.2 Å². The summed E-state index contributed by atoms with van der Waals surface area (Å²) in [6, 6.07) is -0.167. The van der Waals surface area contributed by atoms with Gasteiger partial charge in [0.15, 0.2) is 0 Å². The third-order valence-corrected chi connectivity index (χ3v) is 3.08. The molecule has 0 radical (unpaired) electrons. The lowest BCUT2D eigenvalue weighted by Gasteiger charge is -2.28. The summed E-state index contributed by atoms with van der Waals surface area (Å²) in [6.45, 7) is 5.48. The van der Waals surface area contributed by atoms with Crippen LogP contribution in [0, 0.1) is 0 Å². The standard InChI is InChI=1S/C10H18N4O2/c1-12-8-9(15)14(10(12)16)7-6-13-4-2-11-3-5-13/h11H,2-8H2,1H3. The molecule has 0 saturated carbocycles. The molecule has 2 heterocycles. The van der Waals surface area contributed by atoms with Gasteiger partial charge >= 0.3 is 6.03 Å². The first-order chi connectivity index (χ1) is 7.68. The van der Waals surface area contributed by atoms with Gasteiger partial charge in [-0.15, -0.1) is 0 Å². The number of carbonyl (C=O) groups excluding carboxylic acids is 2. The monoisotopic (exact) mass is 226 g/mol. The number of nitrogens with zero attached hydrogens (tertiary/aromatic N) is 3. The van der Waals surface area contributed by atoms with E-state index in [1.54, 1.807) is 7.05 Å². The van der Waals surface area contributed by atoms with Crippen LogP contribution in [-0.2, 0) is 4.79 Å². The van der Waals surface area contributed by atoms with Crippen molar-refractivity contribution < 1.29 is 9.59 Å². The molecule has 90 valence electrons. The van der Waals surface area contributed by atoms with E-state index in [2.05, 4.69) is 10.2 Å². The van der Waals surface area contributed by atoms with Crippen molar-refractivity contribution in [3.05, 3.63) is 0 Å². The van der Waals surface area contributed by atoms with Crippen molar-refractivity contribution in [1.29, 1.82) is 0 Å². The lowest BCUT2D eigenvalue weighted by Crippen LogP contribution is -2.47. The van der Waals surface area contributed by atoms with Crippen molar-refractivity contribution >= 4 is 11.9 Å². The van der Waals surface area contributed by atoms with Crippen LogP contribution in [0.5, 0.6) is 0 Å². The number of imide groups is 1. The number of nitrogens with one attached hydrogen (secondary N) is 1. The van der Waals surface area contributed by atoms with Gasteiger partial charge in [-0.05, 0) is 0 Å². The van der Waals surface area contributed by atoms with E-state index in [1.165, 1.54) is 9.80 Å². The molecule has 0 aromatic heterocycles. The minimum atomic E-state index is -0.167. The van der Waals surface area contributed by atoms with E-state index in [1.807, 2.05) is 0 Å². The number of urea groups is 1. The van der Waals surface area contributed by atoms with E-state index in [-0.39, 0.29) is 18.5 Å². The van der Waals surface area contributed by atoms with Crippen LogP contribution in [-0.4, -0.2) is 79.5 Å². The molecule has 0 bridgehead atoms. The molecule has 0 aliphatic carbocycles. The van der Waals surface area contributed by atoms with E-state index in [4.69, 9.17) is 0 Å². The maximum atomic E-state index is 11.6. The fraction of sp³-hybridized carbons (Fsp3) is 0.800. The highest BCUT2D eigenvalue weighted by Crippen LogP contribution is 2.07. The van der Waals surface area contributed by atoms with Gasteiger partial charge in [0.25, 0.3) is 0 Å². The normalized spacial score (nSPS) is 23.3. The molecule has 1 N–H and O–H groups in total. The summed E-state index contributed by atoms with van der Waals surface area (Å²) >= 11 is 0. The summed E-state index contributed by atoms with van der Waals surface area (Å²) in [6.07, 6.45) is 0. The second kappa shape index (κ2) is 4.80. The van der Waals surface area contributed by atoms with Crippen LogP contribution in [0.1, 0.15) is 0 Å². The summed E-state index contributed by atoms with van der Waals surface area (Å²) in [5, 5.41) is 3.27. The van der Waals surface area contributed by atoms with Crippen LogP contribution in [0.25, 0.3) is 0 Å². The van der Waals surface area contributed by atoms with Crippen LogP contribution in [0.2, 0.25) is 0 Å². The highest BCUT2D eigenvalue weighted by Gasteiger charge is 2.33. The number of carbonyl (C=O) groups is 2. The third-order valence-electron chi connectivity index (χ3n) is 3.08.